The molecule has 1 aromatic heterocycles. The zero-order valence-corrected chi connectivity index (χ0v) is 12.2. The number of hydrogen-bond donors (Lipinski definition) is 1. The number of hydrogen-bond acceptors (Lipinski definition) is 4. The van der Waals surface area contributed by atoms with Crippen molar-refractivity contribution in [1.29, 1.82) is 0 Å². The highest BCUT2D eigenvalue weighted by Crippen LogP contribution is 2.27. The third-order valence-electron chi connectivity index (χ3n) is 4.38. The van der Waals surface area contributed by atoms with E-state index in [2.05, 4.69) is 9.97 Å². The maximum absolute atomic E-state index is 12.5. The van der Waals surface area contributed by atoms with E-state index in [1.54, 1.807) is 0 Å². The van der Waals surface area contributed by atoms with Crippen LogP contribution in [0, 0.1) is 0 Å². The first-order valence-corrected chi connectivity index (χ1v) is 7.50. The zero-order chi connectivity index (χ0) is 15.7. The first-order chi connectivity index (χ1) is 10.6. The van der Waals surface area contributed by atoms with Crippen molar-refractivity contribution in [1.82, 2.24) is 14.9 Å². The maximum Gasteiger partial charge on any atom is 0.326 e. The van der Waals surface area contributed by atoms with E-state index in [1.807, 2.05) is 4.90 Å². The van der Waals surface area contributed by atoms with Gasteiger partial charge in [-0.05, 0) is 25.7 Å². The van der Waals surface area contributed by atoms with Gasteiger partial charge in [-0.1, -0.05) is 0 Å². The van der Waals surface area contributed by atoms with Gasteiger partial charge in [0.05, 0.1) is 12.4 Å². The van der Waals surface area contributed by atoms with Crippen molar-refractivity contribution in [3.8, 4) is 0 Å². The molecule has 0 unspecified atom stereocenters. The molecule has 0 aromatic carbocycles. The van der Waals surface area contributed by atoms with Gasteiger partial charge in [0.25, 0.3) is 6.43 Å². The van der Waals surface area contributed by atoms with Crippen molar-refractivity contribution in [2.75, 3.05) is 18.0 Å². The summed E-state index contributed by atoms with van der Waals surface area (Å²) in [5, 5.41) is 0. The van der Waals surface area contributed by atoms with Crippen LogP contribution in [-0.4, -0.2) is 46.1 Å². The Bertz CT molecular complexity index is 531. The molecule has 0 radical (unpaired) electrons. The molecule has 1 aliphatic heterocycles. The van der Waals surface area contributed by atoms with Crippen LogP contribution in [0.15, 0.2) is 12.4 Å². The molecule has 3 rings (SSSR count). The molecule has 0 spiro atoms. The SMILES string of the molecule is N[C@H]1CC[C@H](N2CCN(c3cnc(C(F)F)cn3)C2=O)CC1. The van der Waals surface area contributed by atoms with E-state index in [9.17, 15) is 13.6 Å². The predicted molar refractivity (Wildman–Crippen MR) is 76.7 cm³/mol. The molecule has 120 valence electrons. The number of anilines is 1. The van der Waals surface area contributed by atoms with Crippen molar-refractivity contribution in [2.24, 2.45) is 5.73 Å². The van der Waals surface area contributed by atoms with E-state index in [4.69, 9.17) is 5.73 Å². The molecule has 1 aliphatic carbocycles. The number of carbonyl (C=O) groups is 1. The Hall–Kier alpha value is -1.83. The number of alkyl halides is 2. The summed E-state index contributed by atoms with van der Waals surface area (Å²) in [7, 11) is 0. The Morgan fingerprint density at radius 1 is 1.14 bits per heavy atom. The van der Waals surface area contributed by atoms with Crippen LogP contribution in [0.25, 0.3) is 0 Å². The largest absolute Gasteiger partial charge is 0.328 e. The van der Waals surface area contributed by atoms with E-state index >= 15 is 0 Å². The molecule has 2 N–H and O–H groups in total. The summed E-state index contributed by atoms with van der Waals surface area (Å²) in [4.78, 5) is 23.5. The molecule has 0 bridgehead atoms. The van der Waals surface area contributed by atoms with Crippen LogP contribution in [0.3, 0.4) is 0 Å². The van der Waals surface area contributed by atoms with Crippen LogP contribution in [0.5, 0.6) is 0 Å². The fourth-order valence-electron chi connectivity index (χ4n) is 3.10. The zero-order valence-electron chi connectivity index (χ0n) is 12.2. The minimum atomic E-state index is -2.65. The second-order valence-corrected chi connectivity index (χ2v) is 5.80. The molecule has 0 atom stereocenters. The number of carbonyl (C=O) groups excluding carboxylic acids is 1. The molecular weight excluding hydrogens is 292 g/mol. The Labute approximate surface area is 127 Å². The molecule has 1 saturated carbocycles. The maximum atomic E-state index is 12.5. The van der Waals surface area contributed by atoms with Gasteiger partial charge < -0.3 is 10.6 Å². The normalized spacial score (nSPS) is 26.1. The van der Waals surface area contributed by atoms with Crippen LogP contribution in [0.4, 0.5) is 19.4 Å². The van der Waals surface area contributed by atoms with Crippen molar-refractivity contribution in [2.45, 2.75) is 44.2 Å². The summed E-state index contributed by atoms with van der Waals surface area (Å²) in [6.45, 7) is 1.13. The molecule has 8 heteroatoms. The quantitative estimate of drug-likeness (QED) is 0.925. The number of aromatic nitrogens is 2. The van der Waals surface area contributed by atoms with Gasteiger partial charge in [-0.15, -0.1) is 0 Å². The summed E-state index contributed by atoms with van der Waals surface area (Å²) in [6.07, 6.45) is 3.29. The summed E-state index contributed by atoms with van der Waals surface area (Å²) in [6, 6.07) is 0.322. The highest BCUT2D eigenvalue weighted by molar-refractivity contribution is 5.93. The molecule has 2 aliphatic rings. The molecule has 1 aromatic rings. The van der Waals surface area contributed by atoms with Gasteiger partial charge in [-0.25, -0.2) is 23.5 Å². The molecule has 2 amide bonds. The number of rotatable bonds is 3. The number of halogens is 2. The minimum Gasteiger partial charge on any atom is -0.328 e. The van der Waals surface area contributed by atoms with Gasteiger partial charge in [0, 0.05) is 25.2 Å². The highest BCUT2D eigenvalue weighted by atomic mass is 19.3. The van der Waals surface area contributed by atoms with Crippen LogP contribution >= 0.6 is 0 Å². The third kappa shape index (κ3) is 2.87. The van der Waals surface area contributed by atoms with Crippen LogP contribution < -0.4 is 10.6 Å². The van der Waals surface area contributed by atoms with E-state index in [0.29, 0.717) is 18.9 Å². The number of amides is 2. The summed E-state index contributed by atoms with van der Waals surface area (Å²) in [5.74, 6) is 0.324. The van der Waals surface area contributed by atoms with Crippen molar-refractivity contribution in [3.05, 3.63) is 18.1 Å². The summed E-state index contributed by atoms with van der Waals surface area (Å²) >= 11 is 0. The van der Waals surface area contributed by atoms with E-state index < -0.39 is 6.43 Å². The number of nitrogens with two attached hydrogens (primary N) is 1. The molecule has 6 nitrogen and oxygen atoms in total. The van der Waals surface area contributed by atoms with Crippen molar-refractivity contribution >= 4 is 11.8 Å². The van der Waals surface area contributed by atoms with Crippen molar-refractivity contribution in [3.63, 3.8) is 0 Å². The summed E-state index contributed by atoms with van der Waals surface area (Å²) in [5.41, 5.74) is 5.51. The molecule has 22 heavy (non-hydrogen) atoms. The topological polar surface area (TPSA) is 75.3 Å². The van der Waals surface area contributed by atoms with Gasteiger partial charge in [0.15, 0.2) is 5.82 Å². The molecule has 1 saturated heterocycles. The van der Waals surface area contributed by atoms with Crippen LogP contribution in [-0.2, 0) is 0 Å². The average Bonchev–Trinajstić information content (AvgIpc) is 2.90. The number of urea groups is 1. The first-order valence-electron chi connectivity index (χ1n) is 7.50. The minimum absolute atomic E-state index is 0.125. The summed E-state index contributed by atoms with van der Waals surface area (Å²) < 4.78 is 25.0. The van der Waals surface area contributed by atoms with Gasteiger partial charge in [0.2, 0.25) is 0 Å². The molecular formula is C14H19F2N5O. The van der Waals surface area contributed by atoms with Gasteiger partial charge in [0.1, 0.15) is 5.69 Å². The van der Waals surface area contributed by atoms with Gasteiger partial charge in [-0.3, -0.25) is 4.90 Å². The van der Waals surface area contributed by atoms with E-state index in [-0.39, 0.29) is 23.8 Å². The van der Waals surface area contributed by atoms with Crippen LogP contribution in [0.2, 0.25) is 0 Å². The molecule has 2 fully saturated rings. The second-order valence-electron chi connectivity index (χ2n) is 5.80. The third-order valence-corrected chi connectivity index (χ3v) is 4.38. The monoisotopic (exact) mass is 311 g/mol. The smallest absolute Gasteiger partial charge is 0.326 e. The Kier molecular flexibility index (Phi) is 4.19. The van der Waals surface area contributed by atoms with E-state index in [1.165, 1.54) is 11.1 Å². The fraction of sp³-hybridized carbons (Fsp3) is 0.643. The Morgan fingerprint density at radius 3 is 2.45 bits per heavy atom. The van der Waals surface area contributed by atoms with Crippen LogP contribution in [0.1, 0.15) is 37.8 Å². The Balaban J connectivity index is 1.68. The molecule has 2 heterocycles. The lowest BCUT2D eigenvalue weighted by atomic mass is 9.91. The van der Waals surface area contributed by atoms with Gasteiger partial charge >= 0.3 is 6.03 Å². The second kappa shape index (κ2) is 6.12. The lowest BCUT2D eigenvalue weighted by Gasteiger charge is -2.33. The first kappa shape index (κ1) is 15.1. The van der Waals surface area contributed by atoms with E-state index in [0.717, 1.165) is 31.9 Å². The predicted octanol–water partition coefficient (Wildman–Crippen LogP) is 1.93. The average molecular weight is 311 g/mol. The van der Waals surface area contributed by atoms with Crippen molar-refractivity contribution < 1.29 is 13.6 Å². The highest BCUT2D eigenvalue weighted by Gasteiger charge is 2.36. The number of nitrogens with zero attached hydrogens (tertiary/aromatic N) is 4. The van der Waals surface area contributed by atoms with Gasteiger partial charge in [-0.2, -0.15) is 0 Å². The fourth-order valence-corrected chi connectivity index (χ4v) is 3.10. The lowest BCUT2D eigenvalue weighted by molar-refractivity contribution is 0.145. The Morgan fingerprint density at radius 2 is 1.86 bits per heavy atom. The lowest BCUT2D eigenvalue weighted by Crippen LogP contribution is -2.43. The standard InChI is InChI=1S/C14H19F2N5O/c15-13(16)11-7-19-12(8-18-11)21-6-5-20(14(21)22)10-3-1-9(17)2-4-10/h7-10,13H,1-6,17H2/t9-,10-.